The number of hydrogen-bond donors (Lipinski definition) is 1. The maximum Gasteiger partial charge on any atom is 0.417 e. The number of rotatable bonds is 3. The normalized spacial score (nSPS) is 16.8. The van der Waals surface area contributed by atoms with E-state index < -0.39 is 17.8 Å². The number of ether oxygens (including phenoxy) is 1. The summed E-state index contributed by atoms with van der Waals surface area (Å²) in [5.41, 5.74) is -0.0432. The fourth-order valence-corrected chi connectivity index (χ4v) is 3.15. The van der Waals surface area contributed by atoms with Crippen molar-refractivity contribution in [2.24, 2.45) is 0 Å². The highest BCUT2D eigenvalue weighted by Gasteiger charge is 2.56. The molecule has 2 heterocycles. The Hall–Kier alpha value is -2.61. The third-order valence-corrected chi connectivity index (χ3v) is 4.85. The zero-order valence-corrected chi connectivity index (χ0v) is 14.8. The number of urea groups is 1. The molecular formula is C19H20F3N3O2. The maximum atomic E-state index is 13.2. The number of hydrogen-bond acceptors (Lipinski definition) is 3. The molecule has 1 N–H and O–H groups in total. The number of benzene rings is 1. The van der Waals surface area contributed by atoms with Gasteiger partial charge in [0.25, 0.3) is 0 Å². The van der Waals surface area contributed by atoms with Gasteiger partial charge in [-0.3, -0.25) is 4.98 Å². The zero-order chi connectivity index (χ0) is 19.5. The van der Waals surface area contributed by atoms with E-state index in [1.54, 1.807) is 18.3 Å². The van der Waals surface area contributed by atoms with Crippen LogP contribution in [-0.4, -0.2) is 47.9 Å². The van der Waals surface area contributed by atoms with Gasteiger partial charge < -0.3 is 15.0 Å². The lowest BCUT2D eigenvalue weighted by molar-refractivity contribution is -0.280. The van der Waals surface area contributed by atoms with Crippen molar-refractivity contribution in [3.05, 3.63) is 48.7 Å². The summed E-state index contributed by atoms with van der Waals surface area (Å²) >= 11 is 0. The second kappa shape index (κ2) is 7.56. The van der Waals surface area contributed by atoms with Gasteiger partial charge in [-0.25, -0.2) is 4.79 Å². The summed E-state index contributed by atoms with van der Waals surface area (Å²) in [6.07, 6.45) is -3.45. The number of likely N-dealkylation sites (tertiary alicyclic amines) is 1. The fourth-order valence-electron chi connectivity index (χ4n) is 3.15. The molecule has 1 aromatic carbocycles. The van der Waals surface area contributed by atoms with Crippen molar-refractivity contribution in [1.82, 2.24) is 9.88 Å². The molecule has 27 heavy (non-hydrogen) atoms. The van der Waals surface area contributed by atoms with Crippen molar-refractivity contribution in [3.8, 4) is 11.3 Å². The molecule has 0 bridgehead atoms. The first-order chi connectivity index (χ1) is 12.8. The molecule has 1 aliphatic heterocycles. The lowest BCUT2D eigenvalue weighted by atomic mass is 9.90. The Bertz CT molecular complexity index is 788. The van der Waals surface area contributed by atoms with Crippen molar-refractivity contribution in [1.29, 1.82) is 0 Å². The van der Waals surface area contributed by atoms with Crippen molar-refractivity contribution in [3.63, 3.8) is 0 Å². The van der Waals surface area contributed by atoms with Crippen LogP contribution in [0, 0.1) is 0 Å². The van der Waals surface area contributed by atoms with Gasteiger partial charge in [0, 0.05) is 50.5 Å². The van der Waals surface area contributed by atoms with E-state index in [4.69, 9.17) is 4.74 Å². The van der Waals surface area contributed by atoms with Gasteiger partial charge in [0.1, 0.15) is 0 Å². The minimum Gasteiger partial charge on any atom is -0.369 e. The Balaban J connectivity index is 1.65. The summed E-state index contributed by atoms with van der Waals surface area (Å²) in [5.74, 6) is 0. The second-order valence-corrected chi connectivity index (χ2v) is 6.41. The molecule has 0 spiro atoms. The van der Waals surface area contributed by atoms with Gasteiger partial charge in [-0.15, -0.1) is 0 Å². The first-order valence-electron chi connectivity index (χ1n) is 8.54. The van der Waals surface area contributed by atoms with Crippen LogP contribution in [0.3, 0.4) is 0 Å². The largest absolute Gasteiger partial charge is 0.417 e. The summed E-state index contributed by atoms with van der Waals surface area (Å²) in [4.78, 5) is 18.1. The molecule has 1 aliphatic rings. The summed E-state index contributed by atoms with van der Waals surface area (Å²) in [7, 11) is 1.06. The van der Waals surface area contributed by atoms with Crippen LogP contribution in [0.2, 0.25) is 0 Å². The number of piperidine rings is 1. The third-order valence-electron chi connectivity index (χ3n) is 4.85. The molecule has 5 nitrogen and oxygen atoms in total. The molecule has 0 saturated carbocycles. The topological polar surface area (TPSA) is 54.5 Å². The molecule has 144 valence electrons. The number of anilines is 1. The van der Waals surface area contributed by atoms with Crippen molar-refractivity contribution in [2.45, 2.75) is 24.6 Å². The van der Waals surface area contributed by atoms with Gasteiger partial charge in [0.15, 0.2) is 5.60 Å². The van der Waals surface area contributed by atoms with E-state index >= 15 is 0 Å². The Morgan fingerprint density at radius 2 is 1.85 bits per heavy atom. The molecule has 0 atom stereocenters. The van der Waals surface area contributed by atoms with Crippen LogP contribution in [0.1, 0.15) is 12.8 Å². The minimum atomic E-state index is -4.46. The molecule has 0 unspecified atom stereocenters. The van der Waals surface area contributed by atoms with Gasteiger partial charge in [0.05, 0.1) is 5.69 Å². The number of alkyl halides is 3. The highest BCUT2D eigenvalue weighted by atomic mass is 19.4. The van der Waals surface area contributed by atoms with Gasteiger partial charge >= 0.3 is 12.2 Å². The number of pyridine rings is 1. The summed E-state index contributed by atoms with van der Waals surface area (Å²) in [6, 6.07) is 12.4. The molecule has 0 aliphatic carbocycles. The van der Waals surface area contributed by atoms with Crippen LogP contribution in [0.5, 0.6) is 0 Å². The Labute approximate surface area is 155 Å². The Morgan fingerprint density at radius 3 is 2.44 bits per heavy atom. The maximum absolute atomic E-state index is 13.2. The van der Waals surface area contributed by atoms with Crippen LogP contribution >= 0.6 is 0 Å². The summed E-state index contributed by atoms with van der Waals surface area (Å²) in [5, 5.41) is 2.73. The number of nitrogens with one attached hydrogen (secondary N) is 1. The fraction of sp³-hybridized carbons (Fsp3) is 0.368. The SMILES string of the molecule is COC1(C(F)(F)F)CCN(C(=O)Nc2ccnc(-c3ccccc3)c2)CC1. The number of halogens is 3. The van der Waals surface area contributed by atoms with E-state index in [1.807, 2.05) is 30.3 Å². The molecular weight excluding hydrogens is 359 g/mol. The smallest absolute Gasteiger partial charge is 0.369 e. The van der Waals surface area contributed by atoms with Crippen LogP contribution in [-0.2, 0) is 4.74 Å². The monoisotopic (exact) mass is 379 g/mol. The predicted octanol–water partition coefficient (Wildman–Crippen LogP) is 4.32. The minimum absolute atomic E-state index is 0.0319. The van der Waals surface area contributed by atoms with E-state index in [0.717, 1.165) is 12.7 Å². The van der Waals surface area contributed by atoms with Crippen LogP contribution in [0.4, 0.5) is 23.7 Å². The molecule has 0 radical (unpaired) electrons. The molecule has 1 saturated heterocycles. The molecule has 2 aromatic rings. The highest BCUT2D eigenvalue weighted by Crippen LogP contribution is 2.41. The number of nitrogens with zero attached hydrogens (tertiary/aromatic N) is 2. The van der Waals surface area contributed by atoms with Gasteiger partial charge in [-0.05, 0) is 12.1 Å². The highest BCUT2D eigenvalue weighted by molar-refractivity contribution is 5.90. The van der Waals surface area contributed by atoms with Crippen molar-refractivity contribution < 1.29 is 22.7 Å². The van der Waals surface area contributed by atoms with E-state index in [9.17, 15) is 18.0 Å². The van der Waals surface area contributed by atoms with E-state index in [1.165, 1.54) is 4.90 Å². The standard InChI is InChI=1S/C19H20F3N3O2/c1-27-18(19(20,21)22)8-11-25(12-9-18)17(26)24-15-7-10-23-16(13-15)14-5-3-2-4-6-14/h2-7,10,13H,8-9,11-12H2,1H3,(H,23,24,26). The molecule has 1 fully saturated rings. The first kappa shape index (κ1) is 19.2. The molecule has 8 heteroatoms. The van der Waals surface area contributed by atoms with Gasteiger partial charge in [-0.2, -0.15) is 13.2 Å². The van der Waals surface area contributed by atoms with E-state index in [2.05, 4.69) is 10.3 Å². The van der Waals surface area contributed by atoms with Crippen molar-refractivity contribution in [2.75, 3.05) is 25.5 Å². The van der Waals surface area contributed by atoms with Gasteiger partial charge in [-0.1, -0.05) is 30.3 Å². The van der Waals surface area contributed by atoms with E-state index in [0.29, 0.717) is 11.4 Å². The summed E-state index contributed by atoms with van der Waals surface area (Å²) in [6.45, 7) is -0.0639. The predicted molar refractivity (Wildman–Crippen MR) is 95.3 cm³/mol. The first-order valence-corrected chi connectivity index (χ1v) is 8.54. The third kappa shape index (κ3) is 4.05. The van der Waals surface area contributed by atoms with Crippen LogP contribution in [0.15, 0.2) is 48.7 Å². The molecule has 3 rings (SSSR count). The lowest BCUT2D eigenvalue weighted by Crippen LogP contribution is -2.56. The van der Waals surface area contributed by atoms with Crippen LogP contribution in [0.25, 0.3) is 11.3 Å². The Morgan fingerprint density at radius 1 is 1.19 bits per heavy atom. The van der Waals surface area contributed by atoms with E-state index in [-0.39, 0.29) is 25.9 Å². The average molecular weight is 379 g/mol. The average Bonchev–Trinajstić information content (AvgIpc) is 2.68. The molecule has 2 amide bonds. The molecule has 1 aromatic heterocycles. The number of methoxy groups -OCH3 is 1. The quantitative estimate of drug-likeness (QED) is 0.864. The second-order valence-electron chi connectivity index (χ2n) is 6.41. The van der Waals surface area contributed by atoms with Crippen LogP contribution < -0.4 is 5.32 Å². The number of amides is 2. The number of carbonyl (C=O) groups is 1. The van der Waals surface area contributed by atoms with Crippen molar-refractivity contribution >= 4 is 11.7 Å². The number of aromatic nitrogens is 1. The number of carbonyl (C=O) groups excluding carboxylic acids is 1. The Kier molecular flexibility index (Phi) is 5.36. The summed E-state index contributed by atoms with van der Waals surface area (Å²) < 4.78 is 44.4. The lowest BCUT2D eigenvalue weighted by Gasteiger charge is -2.41. The zero-order valence-electron chi connectivity index (χ0n) is 14.8. The van der Waals surface area contributed by atoms with Gasteiger partial charge in [0.2, 0.25) is 0 Å².